The molecule has 0 unspecified atom stereocenters. The summed E-state index contributed by atoms with van der Waals surface area (Å²) in [6, 6.07) is 23.3. The normalized spacial score (nSPS) is 14.6. The molecule has 0 heterocycles. The Labute approximate surface area is 151 Å². The Morgan fingerprint density at radius 1 is 0.800 bits per heavy atom. The van der Waals surface area contributed by atoms with Gasteiger partial charge in [0.2, 0.25) is 0 Å². The summed E-state index contributed by atoms with van der Waals surface area (Å²) in [5, 5.41) is 3.91. The van der Waals surface area contributed by atoms with Crippen molar-refractivity contribution in [1.29, 1.82) is 0 Å². The van der Waals surface area contributed by atoms with Crippen LogP contribution < -0.4 is 5.32 Å². The Morgan fingerprint density at radius 2 is 1.40 bits per heavy atom. The molecule has 1 aliphatic rings. The quantitative estimate of drug-likeness (QED) is 0.614. The van der Waals surface area contributed by atoms with E-state index in [1.54, 1.807) is 6.20 Å². The lowest BCUT2D eigenvalue weighted by molar-refractivity contribution is 0.105. The molecule has 25 heavy (non-hydrogen) atoms. The van der Waals surface area contributed by atoms with Gasteiger partial charge in [-0.15, -0.1) is 0 Å². The van der Waals surface area contributed by atoms with E-state index in [0.717, 1.165) is 34.4 Å². The minimum Gasteiger partial charge on any atom is -0.361 e. The maximum atomic E-state index is 13.1. The van der Waals surface area contributed by atoms with Gasteiger partial charge in [0.25, 0.3) is 0 Å². The predicted molar refractivity (Wildman–Crippen MR) is 103 cm³/mol. The van der Waals surface area contributed by atoms with Gasteiger partial charge in [-0.2, -0.15) is 0 Å². The Morgan fingerprint density at radius 3 is 2.12 bits per heavy atom. The summed E-state index contributed by atoms with van der Waals surface area (Å²) in [6.07, 6.45) is 2.56. The van der Waals surface area contributed by atoms with Gasteiger partial charge in [0.05, 0.1) is 0 Å². The van der Waals surface area contributed by atoms with E-state index in [-0.39, 0.29) is 5.78 Å². The van der Waals surface area contributed by atoms with Crippen molar-refractivity contribution in [3.8, 4) is 0 Å². The van der Waals surface area contributed by atoms with Crippen LogP contribution >= 0.6 is 11.6 Å². The molecule has 0 saturated carbocycles. The maximum Gasteiger partial charge on any atom is 0.195 e. The first-order valence-corrected chi connectivity index (χ1v) is 8.53. The van der Waals surface area contributed by atoms with Crippen LogP contribution in [0.4, 0.5) is 5.69 Å². The lowest BCUT2D eigenvalue weighted by Crippen LogP contribution is -2.05. The number of benzene rings is 3. The first-order valence-electron chi connectivity index (χ1n) is 8.15. The highest BCUT2D eigenvalue weighted by Gasteiger charge is 2.23. The average molecular weight is 346 g/mol. The van der Waals surface area contributed by atoms with Crippen molar-refractivity contribution in [2.45, 2.75) is 6.42 Å². The Kier molecular flexibility index (Phi) is 4.12. The molecule has 0 bridgehead atoms. The van der Waals surface area contributed by atoms with Crippen LogP contribution in [0.2, 0.25) is 5.02 Å². The van der Waals surface area contributed by atoms with Crippen LogP contribution in [-0.4, -0.2) is 5.78 Å². The number of carbonyl (C=O) groups is 1. The molecule has 3 heteroatoms. The van der Waals surface area contributed by atoms with Crippen LogP contribution in [0.25, 0.3) is 5.57 Å². The van der Waals surface area contributed by atoms with E-state index < -0.39 is 0 Å². The lowest BCUT2D eigenvalue weighted by Gasteiger charge is -2.09. The highest BCUT2D eigenvalue weighted by Crippen LogP contribution is 2.31. The van der Waals surface area contributed by atoms with Gasteiger partial charge in [0.15, 0.2) is 5.78 Å². The summed E-state index contributed by atoms with van der Waals surface area (Å²) in [4.78, 5) is 13.1. The number of rotatable bonds is 2. The van der Waals surface area contributed by atoms with Crippen molar-refractivity contribution < 1.29 is 4.79 Å². The monoisotopic (exact) mass is 345 g/mol. The number of anilines is 1. The fourth-order valence-corrected chi connectivity index (χ4v) is 3.28. The van der Waals surface area contributed by atoms with Gasteiger partial charge < -0.3 is 5.32 Å². The molecule has 2 nitrogen and oxygen atoms in total. The number of ketones is 1. The molecule has 1 N–H and O–H groups in total. The molecule has 0 radical (unpaired) electrons. The van der Waals surface area contributed by atoms with E-state index in [1.165, 1.54) is 0 Å². The fourth-order valence-electron chi connectivity index (χ4n) is 3.15. The zero-order valence-corrected chi connectivity index (χ0v) is 14.3. The van der Waals surface area contributed by atoms with Gasteiger partial charge in [-0.3, -0.25) is 4.79 Å². The van der Waals surface area contributed by atoms with Crippen LogP contribution in [0.5, 0.6) is 0 Å². The number of hydrogen-bond acceptors (Lipinski definition) is 2. The SMILES string of the molecule is O=C1/C(=C/Nc2ccc(Cl)cc2)c2ccccc2Cc2ccccc21. The van der Waals surface area contributed by atoms with Gasteiger partial charge in [-0.05, 0) is 47.4 Å². The van der Waals surface area contributed by atoms with Gasteiger partial charge in [-0.1, -0.05) is 60.1 Å². The molecule has 3 aromatic carbocycles. The Hall–Kier alpha value is -2.84. The molecule has 1 aliphatic carbocycles. The van der Waals surface area contributed by atoms with Crippen molar-refractivity contribution in [1.82, 2.24) is 0 Å². The second kappa shape index (κ2) is 6.58. The van der Waals surface area contributed by atoms with Gasteiger partial charge in [0, 0.05) is 28.0 Å². The van der Waals surface area contributed by atoms with Gasteiger partial charge in [-0.25, -0.2) is 0 Å². The molecule has 0 fully saturated rings. The van der Waals surface area contributed by atoms with E-state index in [4.69, 9.17) is 11.6 Å². The smallest absolute Gasteiger partial charge is 0.195 e. The molecule has 0 atom stereocenters. The third-order valence-corrected chi connectivity index (χ3v) is 4.67. The molecule has 0 aliphatic heterocycles. The summed E-state index contributed by atoms with van der Waals surface area (Å²) >= 11 is 5.93. The number of fused-ring (bicyclic) bond motifs is 2. The van der Waals surface area contributed by atoms with E-state index in [0.29, 0.717) is 10.6 Å². The van der Waals surface area contributed by atoms with Crippen molar-refractivity contribution in [3.05, 3.63) is 106 Å². The van der Waals surface area contributed by atoms with Crippen LogP contribution in [0.15, 0.2) is 79.0 Å². The Balaban J connectivity index is 1.80. The minimum atomic E-state index is 0.0435. The lowest BCUT2D eigenvalue weighted by atomic mass is 9.97. The van der Waals surface area contributed by atoms with Crippen molar-refractivity contribution in [3.63, 3.8) is 0 Å². The zero-order chi connectivity index (χ0) is 17.2. The van der Waals surface area contributed by atoms with Gasteiger partial charge in [0.1, 0.15) is 0 Å². The van der Waals surface area contributed by atoms with Gasteiger partial charge >= 0.3 is 0 Å². The topological polar surface area (TPSA) is 29.1 Å². The van der Waals surface area contributed by atoms with Crippen molar-refractivity contribution in [2.24, 2.45) is 0 Å². The summed E-state index contributed by atoms with van der Waals surface area (Å²) in [6.45, 7) is 0. The summed E-state index contributed by atoms with van der Waals surface area (Å²) < 4.78 is 0. The summed E-state index contributed by atoms with van der Waals surface area (Å²) in [5.74, 6) is 0.0435. The third kappa shape index (κ3) is 3.09. The number of Topliss-reactive ketones (excluding diaryl/α,β-unsaturated/α-hetero) is 1. The molecule has 122 valence electrons. The van der Waals surface area contributed by atoms with E-state index in [1.807, 2.05) is 66.7 Å². The molecule has 0 amide bonds. The molecular weight excluding hydrogens is 330 g/mol. The number of halogens is 1. The number of allylic oxidation sites excluding steroid dienone is 1. The largest absolute Gasteiger partial charge is 0.361 e. The standard InChI is InChI=1S/C22H16ClNO/c23-17-9-11-18(12-10-17)24-14-21-19-7-3-1-5-15(19)13-16-6-2-4-8-20(16)22(21)25/h1-12,14,24H,13H2/b21-14+. The van der Waals surface area contributed by atoms with Crippen molar-refractivity contribution >= 4 is 28.6 Å². The third-order valence-electron chi connectivity index (χ3n) is 4.42. The number of nitrogens with one attached hydrogen (secondary N) is 1. The Bertz CT molecular complexity index is 973. The predicted octanol–water partition coefficient (Wildman–Crippen LogP) is 5.58. The van der Waals surface area contributed by atoms with Crippen LogP contribution in [0.1, 0.15) is 27.0 Å². The minimum absolute atomic E-state index is 0.0435. The molecule has 0 saturated heterocycles. The van der Waals surface area contributed by atoms with Crippen LogP contribution in [0, 0.1) is 0 Å². The van der Waals surface area contributed by atoms with Crippen LogP contribution in [-0.2, 0) is 6.42 Å². The summed E-state index contributed by atoms with van der Waals surface area (Å²) in [5.41, 5.74) is 5.53. The highest BCUT2D eigenvalue weighted by atomic mass is 35.5. The molecule has 0 aromatic heterocycles. The summed E-state index contributed by atoms with van der Waals surface area (Å²) in [7, 11) is 0. The number of carbonyl (C=O) groups excluding carboxylic acids is 1. The number of hydrogen-bond donors (Lipinski definition) is 1. The second-order valence-electron chi connectivity index (χ2n) is 6.03. The van der Waals surface area contributed by atoms with E-state index in [2.05, 4.69) is 11.4 Å². The van der Waals surface area contributed by atoms with Crippen molar-refractivity contribution in [2.75, 3.05) is 5.32 Å². The fraction of sp³-hybridized carbons (Fsp3) is 0.0455. The maximum absolute atomic E-state index is 13.1. The molecule has 4 rings (SSSR count). The highest BCUT2D eigenvalue weighted by molar-refractivity contribution is 6.31. The zero-order valence-electron chi connectivity index (χ0n) is 13.5. The molecule has 0 spiro atoms. The second-order valence-corrected chi connectivity index (χ2v) is 6.47. The molecular formula is C22H16ClNO. The first-order chi connectivity index (χ1) is 12.2. The average Bonchev–Trinajstić information content (AvgIpc) is 2.76. The first kappa shape index (κ1) is 15.7. The van der Waals surface area contributed by atoms with E-state index >= 15 is 0 Å². The molecule has 3 aromatic rings. The van der Waals surface area contributed by atoms with E-state index in [9.17, 15) is 4.79 Å². The van der Waals surface area contributed by atoms with Crippen LogP contribution in [0.3, 0.4) is 0 Å².